The van der Waals surface area contributed by atoms with Crippen molar-refractivity contribution >= 4 is 5.78 Å². The number of furan rings is 2. The van der Waals surface area contributed by atoms with Gasteiger partial charge in [0.05, 0.1) is 18.8 Å². The summed E-state index contributed by atoms with van der Waals surface area (Å²) in [4.78, 5) is 12.6. The summed E-state index contributed by atoms with van der Waals surface area (Å²) in [7, 11) is 0. The van der Waals surface area contributed by atoms with Crippen molar-refractivity contribution in [2.24, 2.45) is 0 Å². The van der Waals surface area contributed by atoms with Gasteiger partial charge in [-0.2, -0.15) is 0 Å². The number of Topliss-reactive ketones (excluding diaryl/α,β-unsaturated/α-hetero) is 1. The second-order valence-electron chi connectivity index (χ2n) is 7.30. The Morgan fingerprint density at radius 1 is 1.33 bits per heavy atom. The SMILES string of the molecule is C/C(=C\CCc1ccoc1)CC(=O)C[C@]1(C)CCCc2ccoc21. The highest BCUT2D eigenvalue weighted by molar-refractivity contribution is 5.82. The van der Waals surface area contributed by atoms with Gasteiger partial charge in [-0.1, -0.05) is 18.6 Å². The molecule has 2 heterocycles. The number of carbonyl (C=O) groups is 1. The molecule has 0 unspecified atom stereocenters. The fourth-order valence-electron chi connectivity index (χ4n) is 3.81. The van der Waals surface area contributed by atoms with Crippen molar-refractivity contribution in [1.82, 2.24) is 0 Å². The summed E-state index contributed by atoms with van der Waals surface area (Å²) >= 11 is 0. The van der Waals surface area contributed by atoms with Crippen LogP contribution in [0.1, 0.15) is 62.8 Å². The first kappa shape index (κ1) is 16.8. The van der Waals surface area contributed by atoms with Crippen LogP contribution in [-0.2, 0) is 23.1 Å². The van der Waals surface area contributed by atoms with Gasteiger partial charge in [0.1, 0.15) is 11.5 Å². The lowest BCUT2D eigenvalue weighted by atomic mass is 9.72. The van der Waals surface area contributed by atoms with Crippen molar-refractivity contribution in [2.45, 2.75) is 64.2 Å². The molecule has 0 amide bonds. The molecule has 1 aliphatic carbocycles. The van der Waals surface area contributed by atoms with Gasteiger partial charge in [0, 0.05) is 18.3 Å². The zero-order valence-electron chi connectivity index (χ0n) is 14.6. The Labute approximate surface area is 143 Å². The van der Waals surface area contributed by atoms with E-state index in [0.717, 1.165) is 43.4 Å². The molecule has 24 heavy (non-hydrogen) atoms. The predicted molar refractivity (Wildman–Crippen MR) is 94.0 cm³/mol. The van der Waals surface area contributed by atoms with Crippen LogP contribution in [0.25, 0.3) is 0 Å². The molecule has 0 spiro atoms. The van der Waals surface area contributed by atoms with E-state index in [4.69, 9.17) is 8.83 Å². The summed E-state index contributed by atoms with van der Waals surface area (Å²) in [5, 5.41) is 0. The van der Waals surface area contributed by atoms with Crippen LogP contribution in [-0.4, -0.2) is 5.78 Å². The quantitative estimate of drug-likeness (QED) is 0.640. The van der Waals surface area contributed by atoms with E-state index in [1.54, 1.807) is 18.8 Å². The molecule has 1 aliphatic rings. The second-order valence-corrected chi connectivity index (χ2v) is 7.30. The minimum atomic E-state index is -0.134. The van der Waals surface area contributed by atoms with E-state index in [1.165, 1.54) is 11.1 Å². The molecule has 1 atom stereocenters. The number of ketones is 1. The summed E-state index contributed by atoms with van der Waals surface area (Å²) in [6.45, 7) is 4.22. The fraction of sp³-hybridized carbons (Fsp3) is 0.476. The van der Waals surface area contributed by atoms with Crippen LogP contribution in [0.5, 0.6) is 0 Å². The normalized spacial score (nSPS) is 20.8. The number of allylic oxidation sites excluding steroid dienone is 2. The number of fused-ring (bicyclic) bond motifs is 1. The average molecular weight is 326 g/mol. The molecular formula is C21H26O3. The fourth-order valence-corrected chi connectivity index (χ4v) is 3.81. The van der Waals surface area contributed by atoms with Gasteiger partial charge in [0.25, 0.3) is 0 Å². The summed E-state index contributed by atoms with van der Waals surface area (Å²) in [6.07, 6.45) is 13.7. The number of aryl methyl sites for hydroxylation is 2. The van der Waals surface area contributed by atoms with Crippen LogP contribution in [0.4, 0.5) is 0 Å². The Bertz CT molecular complexity index is 705. The molecular weight excluding hydrogens is 300 g/mol. The Hall–Kier alpha value is -2.03. The Morgan fingerprint density at radius 3 is 3.00 bits per heavy atom. The van der Waals surface area contributed by atoms with Crippen LogP contribution in [0.2, 0.25) is 0 Å². The largest absolute Gasteiger partial charge is 0.472 e. The lowest BCUT2D eigenvalue weighted by Crippen LogP contribution is -2.29. The molecule has 3 heteroatoms. The zero-order valence-corrected chi connectivity index (χ0v) is 14.6. The lowest BCUT2D eigenvalue weighted by molar-refractivity contribution is -0.119. The Morgan fingerprint density at radius 2 is 2.21 bits per heavy atom. The van der Waals surface area contributed by atoms with Crippen LogP contribution in [0, 0.1) is 0 Å². The first-order valence-corrected chi connectivity index (χ1v) is 8.82. The monoisotopic (exact) mass is 326 g/mol. The molecule has 2 aromatic rings. The highest BCUT2D eigenvalue weighted by Crippen LogP contribution is 2.40. The second kappa shape index (κ2) is 7.25. The molecule has 0 bridgehead atoms. The standard InChI is InChI=1S/C21H26O3/c1-16(5-3-6-17-8-11-23-15-17)13-19(22)14-21(2)10-4-7-18-9-12-24-20(18)21/h5,8-9,11-12,15H,3-4,6-7,10,13-14H2,1-2H3/b16-5+/t21-/m0/s1. The molecule has 0 saturated heterocycles. The van der Waals surface area contributed by atoms with E-state index in [9.17, 15) is 4.79 Å². The molecule has 0 fully saturated rings. The topological polar surface area (TPSA) is 43.4 Å². The van der Waals surface area contributed by atoms with E-state index in [1.807, 2.05) is 6.07 Å². The van der Waals surface area contributed by atoms with Crippen LogP contribution < -0.4 is 0 Å². The smallest absolute Gasteiger partial charge is 0.137 e. The van der Waals surface area contributed by atoms with Crippen molar-refractivity contribution in [3.63, 3.8) is 0 Å². The van der Waals surface area contributed by atoms with Gasteiger partial charge in [-0.25, -0.2) is 0 Å². The minimum Gasteiger partial charge on any atom is -0.472 e. The molecule has 128 valence electrons. The third-order valence-electron chi connectivity index (χ3n) is 5.04. The maximum Gasteiger partial charge on any atom is 0.137 e. The lowest BCUT2D eigenvalue weighted by Gasteiger charge is -2.31. The van der Waals surface area contributed by atoms with Crippen molar-refractivity contribution < 1.29 is 13.6 Å². The predicted octanol–water partition coefficient (Wildman–Crippen LogP) is 5.40. The van der Waals surface area contributed by atoms with E-state index in [0.29, 0.717) is 18.6 Å². The van der Waals surface area contributed by atoms with Gasteiger partial charge >= 0.3 is 0 Å². The van der Waals surface area contributed by atoms with Gasteiger partial charge in [-0.05, 0) is 62.3 Å². The van der Waals surface area contributed by atoms with E-state index in [2.05, 4.69) is 26.0 Å². The molecule has 0 N–H and O–H groups in total. The minimum absolute atomic E-state index is 0.134. The molecule has 3 rings (SSSR count). The number of rotatable bonds is 7. The summed E-state index contributed by atoms with van der Waals surface area (Å²) in [5.74, 6) is 1.34. The van der Waals surface area contributed by atoms with Gasteiger partial charge in [0.2, 0.25) is 0 Å². The van der Waals surface area contributed by atoms with Gasteiger partial charge in [0.15, 0.2) is 0 Å². The van der Waals surface area contributed by atoms with E-state index in [-0.39, 0.29) is 5.41 Å². The third kappa shape index (κ3) is 3.89. The van der Waals surface area contributed by atoms with Gasteiger partial charge < -0.3 is 8.83 Å². The highest BCUT2D eigenvalue weighted by Gasteiger charge is 2.36. The molecule has 0 radical (unpaired) electrons. The van der Waals surface area contributed by atoms with Crippen LogP contribution in [0.15, 0.2) is 51.4 Å². The molecule has 0 saturated carbocycles. The number of hydrogen-bond donors (Lipinski definition) is 0. The number of carbonyl (C=O) groups excluding carboxylic acids is 1. The van der Waals surface area contributed by atoms with Gasteiger partial charge in [-0.3, -0.25) is 4.79 Å². The molecule has 2 aromatic heterocycles. The van der Waals surface area contributed by atoms with Crippen molar-refractivity contribution in [3.05, 3.63) is 59.5 Å². The molecule has 3 nitrogen and oxygen atoms in total. The van der Waals surface area contributed by atoms with Crippen molar-refractivity contribution in [2.75, 3.05) is 0 Å². The average Bonchev–Trinajstić information content (AvgIpc) is 3.18. The zero-order chi connectivity index (χ0) is 17.0. The number of hydrogen-bond acceptors (Lipinski definition) is 3. The maximum absolute atomic E-state index is 12.6. The Balaban J connectivity index is 1.54. The van der Waals surface area contributed by atoms with E-state index < -0.39 is 0 Å². The summed E-state index contributed by atoms with van der Waals surface area (Å²) in [5.41, 5.74) is 3.50. The first-order chi connectivity index (χ1) is 11.6. The summed E-state index contributed by atoms with van der Waals surface area (Å²) in [6, 6.07) is 4.04. The first-order valence-electron chi connectivity index (χ1n) is 8.82. The Kier molecular flexibility index (Phi) is 5.08. The van der Waals surface area contributed by atoms with Crippen molar-refractivity contribution in [3.8, 4) is 0 Å². The summed E-state index contributed by atoms with van der Waals surface area (Å²) < 4.78 is 10.8. The maximum atomic E-state index is 12.6. The van der Waals surface area contributed by atoms with Crippen molar-refractivity contribution in [1.29, 1.82) is 0 Å². The highest BCUT2D eigenvalue weighted by atomic mass is 16.3. The van der Waals surface area contributed by atoms with Crippen LogP contribution >= 0.6 is 0 Å². The molecule has 0 aromatic carbocycles. The van der Waals surface area contributed by atoms with Crippen LogP contribution in [0.3, 0.4) is 0 Å². The van der Waals surface area contributed by atoms with Gasteiger partial charge in [-0.15, -0.1) is 0 Å². The van der Waals surface area contributed by atoms with E-state index >= 15 is 0 Å². The molecule has 0 aliphatic heterocycles. The third-order valence-corrected chi connectivity index (χ3v) is 5.04.